The Balaban J connectivity index is 2.04. The molecular weight excluding hydrogens is 258 g/mol. The Morgan fingerprint density at radius 2 is 1.95 bits per heavy atom. The minimum Gasteiger partial charge on any atom is -0.338 e. The molecule has 2 rings (SSSR count). The Kier molecular flexibility index (Phi) is 4.19. The molecule has 2 nitrogen and oxygen atoms in total. The Morgan fingerprint density at radius 1 is 1.32 bits per heavy atom. The van der Waals surface area contributed by atoms with Crippen molar-refractivity contribution in [3.63, 3.8) is 0 Å². The van der Waals surface area contributed by atoms with Gasteiger partial charge in [-0.3, -0.25) is 4.79 Å². The summed E-state index contributed by atoms with van der Waals surface area (Å²) in [5.74, 6) is 1.23. The molecule has 1 amide bonds. The Morgan fingerprint density at radius 3 is 2.42 bits per heavy atom. The van der Waals surface area contributed by atoms with Crippen LogP contribution < -0.4 is 0 Å². The first-order valence-corrected chi connectivity index (χ1v) is 7.39. The van der Waals surface area contributed by atoms with Gasteiger partial charge in [0.15, 0.2) is 0 Å². The first-order chi connectivity index (χ1) is 8.91. The van der Waals surface area contributed by atoms with Gasteiger partial charge in [0.05, 0.1) is 0 Å². The predicted octanol–water partition coefficient (Wildman–Crippen LogP) is 3.93. The van der Waals surface area contributed by atoms with Gasteiger partial charge >= 0.3 is 0 Å². The van der Waals surface area contributed by atoms with Gasteiger partial charge in [-0.2, -0.15) is 0 Å². The fraction of sp³-hybridized carbons (Fsp3) is 0.562. The summed E-state index contributed by atoms with van der Waals surface area (Å²) in [7, 11) is 0. The van der Waals surface area contributed by atoms with Crippen molar-refractivity contribution in [3.05, 3.63) is 35.4 Å². The molecule has 0 bridgehead atoms. The second-order valence-corrected chi connectivity index (χ2v) is 6.70. The van der Waals surface area contributed by atoms with E-state index in [1.54, 1.807) is 0 Å². The average molecular weight is 280 g/mol. The van der Waals surface area contributed by atoms with Crippen LogP contribution in [0, 0.1) is 11.3 Å². The molecule has 0 radical (unpaired) electrons. The molecule has 104 valence electrons. The van der Waals surface area contributed by atoms with Crippen molar-refractivity contribution in [2.24, 2.45) is 11.3 Å². The van der Waals surface area contributed by atoms with Gasteiger partial charge in [0.1, 0.15) is 0 Å². The van der Waals surface area contributed by atoms with Crippen LogP contribution in [-0.2, 0) is 5.88 Å². The molecule has 19 heavy (non-hydrogen) atoms. The molecule has 1 saturated heterocycles. The number of carbonyl (C=O) groups excluding carboxylic acids is 1. The maximum absolute atomic E-state index is 12.4. The van der Waals surface area contributed by atoms with E-state index in [1.165, 1.54) is 0 Å². The van der Waals surface area contributed by atoms with Crippen LogP contribution in [0.15, 0.2) is 24.3 Å². The Labute approximate surface area is 120 Å². The maximum Gasteiger partial charge on any atom is 0.253 e. The largest absolute Gasteiger partial charge is 0.338 e. The average Bonchev–Trinajstić information content (AvgIpc) is 2.87. The SMILES string of the molecule is CC(C)(C)C1CCN(C(=O)c2ccc(CCl)cc2)C1. The monoisotopic (exact) mass is 279 g/mol. The fourth-order valence-electron chi connectivity index (χ4n) is 2.57. The van der Waals surface area contributed by atoms with E-state index in [9.17, 15) is 4.79 Å². The van der Waals surface area contributed by atoms with Crippen molar-refractivity contribution in [3.8, 4) is 0 Å². The number of hydrogen-bond acceptors (Lipinski definition) is 1. The van der Waals surface area contributed by atoms with E-state index in [0.29, 0.717) is 11.8 Å². The van der Waals surface area contributed by atoms with Crippen LogP contribution in [0.4, 0.5) is 0 Å². The first kappa shape index (κ1) is 14.4. The molecule has 0 spiro atoms. The summed E-state index contributed by atoms with van der Waals surface area (Å²) < 4.78 is 0. The quantitative estimate of drug-likeness (QED) is 0.751. The second kappa shape index (κ2) is 5.54. The highest BCUT2D eigenvalue weighted by Crippen LogP contribution is 2.34. The molecule has 0 aliphatic carbocycles. The number of amides is 1. The van der Waals surface area contributed by atoms with Crippen LogP contribution in [0.3, 0.4) is 0 Å². The molecule has 1 aliphatic rings. The third-order valence-corrected chi connectivity index (χ3v) is 4.36. The normalized spacial score (nSPS) is 19.8. The Bertz CT molecular complexity index is 447. The summed E-state index contributed by atoms with van der Waals surface area (Å²) in [5.41, 5.74) is 2.09. The number of halogens is 1. The number of nitrogens with zero attached hydrogens (tertiary/aromatic N) is 1. The van der Waals surface area contributed by atoms with Gasteiger partial charge < -0.3 is 4.90 Å². The minimum atomic E-state index is 0.146. The highest BCUT2D eigenvalue weighted by molar-refractivity contribution is 6.17. The zero-order valence-corrected chi connectivity index (χ0v) is 12.7. The molecule has 3 heteroatoms. The van der Waals surface area contributed by atoms with Crippen LogP contribution >= 0.6 is 11.6 Å². The number of likely N-dealkylation sites (tertiary alicyclic amines) is 1. The van der Waals surface area contributed by atoms with Crippen molar-refractivity contribution in [2.75, 3.05) is 13.1 Å². The third kappa shape index (κ3) is 3.30. The summed E-state index contributed by atoms with van der Waals surface area (Å²) in [6.07, 6.45) is 1.11. The van der Waals surface area contributed by atoms with Gasteiger partial charge in [0.2, 0.25) is 0 Å². The summed E-state index contributed by atoms with van der Waals surface area (Å²) in [4.78, 5) is 14.4. The van der Waals surface area contributed by atoms with E-state index in [4.69, 9.17) is 11.6 Å². The highest BCUT2D eigenvalue weighted by Gasteiger charge is 2.33. The lowest BCUT2D eigenvalue weighted by Gasteiger charge is -2.27. The molecule has 0 saturated carbocycles. The van der Waals surface area contributed by atoms with E-state index in [2.05, 4.69) is 20.8 Å². The second-order valence-electron chi connectivity index (χ2n) is 6.43. The summed E-state index contributed by atoms with van der Waals surface area (Å²) in [5, 5.41) is 0. The van der Waals surface area contributed by atoms with Crippen LogP contribution in [0.5, 0.6) is 0 Å². The van der Waals surface area contributed by atoms with Gasteiger partial charge in [-0.1, -0.05) is 32.9 Å². The van der Waals surface area contributed by atoms with Crippen molar-refractivity contribution >= 4 is 17.5 Å². The summed E-state index contributed by atoms with van der Waals surface area (Å²) in [6.45, 7) is 8.50. The number of rotatable bonds is 2. The van der Waals surface area contributed by atoms with Gasteiger partial charge in [-0.25, -0.2) is 0 Å². The molecule has 1 fully saturated rings. The van der Waals surface area contributed by atoms with Gasteiger partial charge in [0, 0.05) is 24.5 Å². The van der Waals surface area contributed by atoms with Gasteiger partial charge in [-0.15, -0.1) is 11.6 Å². The molecule has 1 atom stereocenters. The van der Waals surface area contributed by atoms with Crippen molar-refractivity contribution in [2.45, 2.75) is 33.1 Å². The zero-order chi connectivity index (χ0) is 14.0. The maximum atomic E-state index is 12.4. The lowest BCUT2D eigenvalue weighted by atomic mass is 9.80. The number of benzene rings is 1. The van der Waals surface area contributed by atoms with Crippen LogP contribution in [0.1, 0.15) is 43.1 Å². The van der Waals surface area contributed by atoms with Crippen LogP contribution in [0.25, 0.3) is 0 Å². The lowest BCUT2D eigenvalue weighted by molar-refractivity contribution is 0.0776. The molecule has 1 heterocycles. The molecular formula is C16H22ClNO. The number of carbonyl (C=O) groups is 1. The zero-order valence-electron chi connectivity index (χ0n) is 11.9. The Hall–Kier alpha value is -1.02. The fourth-order valence-corrected chi connectivity index (χ4v) is 2.75. The third-order valence-electron chi connectivity index (χ3n) is 4.06. The van der Waals surface area contributed by atoms with E-state index >= 15 is 0 Å². The number of alkyl halides is 1. The van der Waals surface area contributed by atoms with Crippen LogP contribution in [0.2, 0.25) is 0 Å². The van der Waals surface area contributed by atoms with Gasteiger partial charge in [-0.05, 0) is 35.4 Å². The molecule has 1 aliphatic heterocycles. The highest BCUT2D eigenvalue weighted by atomic mass is 35.5. The topological polar surface area (TPSA) is 20.3 Å². The van der Waals surface area contributed by atoms with E-state index < -0.39 is 0 Å². The van der Waals surface area contributed by atoms with Crippen LogP contribution in [-0.4, -0.2) is 23.9 Å². The summed E-state index contributed by atoms with van der Waals surface area (Å²) in [6, 6.07) is 7.62. The van der Waals surface area contributed by atoms with E-state index in [0.717, 1.165) is 30.6 Å². The van der Waals surface area contributed by atoms with E-state index in [-0.39, 0.29) is 11.3 Å². The predicted molar refractivity (Wildman–Crippen MR) is 79.5 cm³/mol. The van der Waals surface area contributed by atoms with E-state index in [1.807, 2.05) is 29.2 Å². The molecule has 1 aromatic rings. The molecule has 0 N–H and O–H groups in total. The smallest absolute Gasteiger partial charge is 0.253 e. The minimum absolute atomic E-state index is 0.146. The first-order valence-electron chi connectivity index (χ1n) is 6.86. The standard InChI is InChI=1S/C16H22ClNO/c1-16(2,3)14-8-9-18(11-14)15(19)13-6-4-12(10-17)5-7-13/h4-7,14H,8-11H2,1-3H3. The van der Waals surface area contributed by atoms with Crippen molar-refractivity contribution in [1.29, 1.82) is 0 Å². The lowest BCUT2D eigenvalue weighted by Crippen LogP contribution is -2.31. The van der Waals surface area contributed by atoms with Crippen molar-refractivity contribution in [1.82, 2.24) is 4.90 Å². The van der Waals surface area contributed by atoms with Crippen molar-refractivity contribution < 1.29 is 4.79 Å². The molecule has 1 aromatic carbocycles. The van der Waals surface area contributed by atoms with Gasteiger partial charge in [0.25, 0.3) is 5.91 Å². The molecule has 1 unspecified atom stereocenters. The number of hydrogen-bond donors (Lipinski definition) is 0. The summed E-state index contributed by atoms with van der Waals surface area (Å²) >= 11 is 5.76. The molecule has 0 aromatic heterocycles.